The van der Waals surface area contributed by atoms with Crippen LogP contribution in [-0.2, 0) is 16.3 Å². The van der Waals surface area contributed by atoms with Crippen LogP contribution in [0.3, 0.4) is 0 Å². The summed E-state index contributed by atoms with van der Waals surface area (Å²) in [4.78, 5) is 7.58. The molecule has 36 heavy (non-hydrogen) atoms. The summed E-state index contributed by atoms with van der Waals surface area (Å²) in [6.07, 6.45) is 7.31. The zero-order valence-corrected chi connectivity index (χ0v) is 22.5. The molecule has 3 aromatic rings. The molecule has 0 saturated carbocycles. The average molecular weight is 507 g/mol. The lowest BCUT2D eigenvalue weighted by molar-refractivity contribution is -0.00855. The second kappa shape index (κ2) is 10.5. The lowest BCUT2D eigenvalue weighted by atomic mass is 9.70. The van der Waals surface area contributed by atoms with E-state index in [1.54, 1.807) is 19.2 Å². The van der Waals surface area contributed by atoms with E-state index in [2.05, 4.69) is 23.7 Å². The van der Waals surface area contributed by atoms with Gasteiger partial charge in [0.05, 0.1) is 23.3 Å². The van der Waals surface area contributed by atoms with Crippen LogP contribution in [0.15, 0.2) is 59.6 Å². The summed E-state index contributed by atoms with van der Waals surface area (Å²) in [5, 5.41) is 0.991. The summed E-state index contributed by atoms with van der Waals surface area (Å²) < 4.78 is 33.2. The Hall–Kier alpha value is -2.44. The van der Waals surface area contributed by atoms with Gasteiger partial charge in [0.15, 0.2) is 9.84 Å². The van der Waals surface area contributed by atoms with E-state index in [-0.39, 0.29) is 17.7 Å². The fourth-order valence-corrected chi connectivity index (χ4v) is 8.17. The molecule has 6 rings (SSSR count). The first-order valence-corrected chi connectivity index (χ1v) is 15.1. The highest BCUT2D eigenvalue weighted by molar-refractivity contribution is 7.91. The van der Waals surface area contributed by atoms with Crippen molar-refractivity contribution in [1.82, 2.24) is 9.88 Å². The van der Waals surface area contributed by atoms with Crippen LogP contribution in [0.4, 0.5) is 0 Å². The van der Waals surface area contributed by atoms with Gasteiger partial charge in [-0.3, -0.25) is 9.88 Å². The van der Waals surface area contributed by atoms with E-state index in [4.69, 9.17) is 4.74 Å². The first-order valence-electron chi connectivity index (χ1n) is 13.4. The molecule has 6 heteroatoms. The molecule has 3 unspecified atom stereocenters. The Morgan fingerprint density at radius 1 is 1.11 bits per heavy atom. The molecule has 1 aromatic heterocycles. The average Bonchev–Trinajstić information content (AvgIpc) is 2.92. The third kappa shape index (κ3) is 4.90. The number of pyridine rings is 1. The van der Waals surface area contributed by atoms with E-state index in [9.17, 15) is 8.42 Å². The number of hydrogen-bond donors (Lipinski definition) is 0. The van der Waals surface area contributed by atoms with E-state index >= 15 is 0 Å². The van der Waals surface area contributed by atoms with Crippen LogP contribution in [0.5, 0.6) is 5.75 Å². The summed E-state index contributed by atoms with van der Waals surface area (Å²) in [7, 11) is -1.82. The van der Waals surface area contributed by atoms with Crippen molar-refractivity contribution in [1.29, 1.82) is 0 Å². The molecule has 0 N–H and O–H groups in total. The Morgan fingerprint density at radius 3 is 2.58 bits per heavy atom. The van der Waals surface area contributed by atoms with Gasteiger partial charge in [-0.1, -0.05) is 38.8 Å². The molecule has 0 aliphatic carbocycles. The zero-order valence-electron chi connectivity index (χ0n) is 21.7. The van der Waals surface area contributed by atoms with Crippen LogP contribution in [0.1, 0.15) is 56.6 Å². The van der Waals surface area contributed by atoms with Crippen LogP contribution < -0.4 is 4.74 Å². The first-order chi connectivity index (χ1) is 17.4. The molecular weight excluding hydrogens is 468 g/mol. The van der Waals surface area contributed by atoms with Crippen molar-refractivity contribution >= 4 is 20.7 Å². The van der Waals surface area contributed by atoms with Crippen LogP contribution >= 0.6 is 0 Å². The third-order valence-electron chi connectivity index (χ3n) is 8.53. The smallest absolute Gasteiger partial charge is 0.179 e. The quantitative estimate of drug-likeness (QED) is 0.363. The Balaban J connectivity index is 1.56. The zero-order chi connectivity index (χ0) is 25.3. The van der Waals surface area contributed by atoms with E-state index in [1.165, 1.54) is 18.4 Å². The number of hydrogen-bond acceptors (Lipinski definition) is 5. The van der Waals surface area contributed by atoms with Gasteiger partial charge < -0.3 is 4.74 Å². The minimum atomic E-state index is -3.49. The number of aryl methyl sites for hydroxylation is 1. The summed E-state index contributed by atoms with van der Waals surface area (Å²) in [6, 6.07) is 15.7. The molecule has 4 heterocycles. The van der Waals surface area contributed by atoms with Gasteiger partial charge in [-0.15, -0.1) is 0 Å². The normalized spacial score (nSPS) is 24.6. The van der Waals surface area contributed by atoms with Crippen LogP contribution in [0.25, 0.3) is 10.9 Å². The highest BCUT2D eigenvalue weighted by atomic mass is 32.2. The largest absolute Gasteiger partial charge is 0.497 e. The summed E-state index contributed by atoms with van der Waals surface area (Å²) >= 11 is 0. The number of rotatable bonds is 9. The molecule has 2 aromatic carbocycles. The van der Waals surface area contributed by atoms with Crippen molar-refractivity contribution < 1.29 is 13.2 Å². The SMILES string of the molecule is CCCc1ccc(S(=O)(=O)C[C@@H](c2ccnc3ccc(OC)cc23)[C@@H]2CC3CCN2CC3CC)cc1. The molecule has 3 fully saturated rings. The van der Waals surface area contributed by atoms with Crippen molar-refractivity contribution in [2.75, 3.05) is 26.0 Å². The maximum Gasteiger partial charge on any atom is 0.179 e. The molecular formula is C30H38N2O3S. The standard InChI is InChI=1S/C30H38N2O3S/c1-4-6-21-7-10-25(11-8-21)36(33,34)20-28(30-17-23-14-16-32(30)19-22(23)5-2)26-13-15-31-29-12-9-24(35-3)18-27(26)29/h7-13,15,18,22-23,28,30H,4-6,14,16-17,19-20H2,1-3H3/t22?,23?,28-,30-/m0/s1. The number of nitrogens with zero attached hydrogens (tertiary/aromatic N) is 2. The van der Waals surface area contributed by atoms with Crippen LogP contribution in [0.2, 0.25) is 0 Å². The minimum absolute atomic E-state index is 0.0983. The Bertz CT molecular complexity index is 1310. The van der Waals surface area contributed by atoms with Gasteiger partial charge in [0, 0.05) is 30.1 Å². The predicted molar refractivity (Wildman–Crippen MR) is 145 cm³/mol. The van der Waals surface area contributed by atoms with Crippen molar-refractivity contribution in [3.8, 4) is 5.75 Å². The van der Waals surface area contributed by atoms with Gasteiger partial charge in [-0.2, -0.15) is 0 Å². The number of fused-ring (bicyclic) bond motifs is 4. The molecule has 0 spiro atoms. The maximum absolute atomic E-state index is 13.9. The van der Waals surface area contributed by atoms with Gasteiger partial charge in [0.2, 0.25) is 0 Å². The molecule has 0 radical (unpaired) electrons. The summed E-state index contributed by atoms with van der Waals surface area (Å²) in [5.41, 5.74) is 3.12. The van der Waals surface area contributed by atoms with Crippen LogP contribution in [-0.4, -0.2) is 50.3 Å². The number of ether oxygens (including phenoxy) is 1. The number of aromatic nitrogens is 1. The summed E-state index contributed by atoms with van der Waals surface area (Å²) in [5.74, 6) is 2.12. The Kier molecular flexibility index (Phi) is 7.36. The monoisotopic (exact) mass is 506 g/mol. The minimum Gasteiger partial charge on any atom is -0.497 e. The van der Waals surface area contributed by atoms with Gasteiger partial charge in [-0.05, 0) is 85.2 Å². The van der Waals surface area contributed by atoms with E-state index in [0.717, 1.165) is 54.6 Å². The maximum atomic E-state index is 13.9. The highest BCUT2D eigenvalue weighted by Crippen LogP contribution is 2.44. The van der Waals surface area contributed by atoms with E-state index < -0.39 is 9.84 Å². The molecule has 3 aliphatic rings. The summed E-state index contributed by atoms with van der Waals surface area (Å²) in [6.45, 7) is 6.55. The van der Waals surface area contributed by atoms with Crippen molar-refractivity contribution in [2.45, 2.75) is 62.8 Å². The molecule has 192 valence electrons. The van der Waals surface area contributed by atoms with Gasteiger partial charge in [0.1, 0.15) is 5.75 Å². The molecule has 0 amide bonds. The molecule has 5 atom stereocenters. The number of piperidine rings is 3. The number of benzene rings is 2. The van der Waals surface area contributed by atoms with E-state index in [1.807, 2.05) is 42.6 Å². The first kappa shape index (κ1) is 25.2. The fraction of sp³-hybridized carbons (Fsp3) is 0.500. The molecule has 3 aliphatic heterocycles. The van der Waals surface area contributed by atoms with Crippen LogP contribution in [0, 0.1) is 11.8 Å². The third-order valence-corrected chi connectivity index (χ3v) is 10.3. The molecule has 3 saturated heterocycles. The topological polar surface area (TPSA) is 59.5 Å². The predicted octanol–water partition coefficient (Wildman–Crippen LogP) is 5.87. The van der Waals surface area contributed by atoms with Gasteiger partial charge >= 0.3 is 0 Å². The Labute approximate surface area is 215 Å². The fourth-order valence-electron chi connectivity index (χ4n) is 6.55. The molecule has 5 nitrogen and oxygen atoms in total. The van der Waals surface area contributed by atoms with E-state index in [0.29, 0.717) is 16.7 Å². The number of sulfone groups is 1. The second-order valence-electron chi connectivity index (χ2n) is 10.6. The lowest BCUT2D eigenvalue weighted by Crippen LogP contribution is -2.56. The van der Waals surface area contributed by atoms with Gasteiger partial charge in [0.25, 0.3) is 0 Å². The van der Waals surface area contributed by atoms with Crippen molar-refractivity contribution in [3.63, 3.8) is 0 Å². The number of methoxy groups -OCH3 is 1. The van der Waals surface area contributed by atoms with Gasteiger partial charge in [-0.25, -0.2) is 8.42 Å². The van der Waals surface area contributed by atoms with Crippen molar-refractivity contribution in [3.05, 3.63) is 65.9 Å². The highest BCUT2D eigenvalue weighted by Gasteiger charge is 2.44. The lowest BCUT2D eigenvalue weighted by Gasteiger charge is -2.52. The molecule has 2 bridgehead atoms. The Morgan fingerprint density at radius 2 is 1.92 bits per heavy atom. The second-order valence-corrected chi connectivity index (χ2v) is 12.6. The van der Waals surface area contributed by atoms with Crippen molar-refractivity contribution in [2.24, 2.45) is 11.8 Å².